The molecule has 0 fully saturated rings. The summed E-state index contributed by atoms with van der Waals surface area (Å²) in [4.78, 5) is 13.5. The highest BCUT2D eigenvalue weighted by Gasteiger charge is 2.43. The van der Waals surface area contributed by atoms with Crippen molar-refractivity contribution in [1.82, 2.24) is 0 Å². The summed E-state index contributed by atoms with van der Waals surface area (Å²) in [6.07, 6.45) is -10.4. The first-order valence-electron chi connectivity index (χ1n) is 5.36. The second-order valence-electron chi connectivity index (χ2n) is 3.90. The number of sulfone groups is 1. The number of hydrogen-bond acceptors (Lipinski definition) is 4. The van der Waals surface area contributed by atoms with Crippen LogP contribution >= 0.6 is 0 Å². The minimum absolute atomic E-state index is 0.466. The van der Waals surface area contributed by atoms with Crippen LogP contribution in [-0.4, -0.2) is 44.4 Å². The highest BCUT2D eigenvalue weighted by atomic mass is 32.2. The zero-order valence-electron chi connectivity index (χ0n) is 10.00. The van der Waals surface area contributed by atoms with Crippen LogP contribution in [0.25, 0.3) is 0 Å². The minimum atomic E-state index is -4.93. The lowest BCUT2D eigenvalue weighted by Crippen LogP contribution is -2.41. The zero-order chi connectivity index (χ0) is 16.0. The van der Waals surface area contributed by atoms with E-state index in [1.807, 2.05) is 0 Å². The molecule has 4 nitrogen and oxygen atoms in total. The van der Waals surface area contributed by atoms with Gasteiger partial charge in [-0.15, -0.1) is 0 Å². The molecule has 120 valence electrons. The molecule has 20 heavy (non-hydrogen) atoms. The van der Waals surface area contributed by atoms with Crippen molar-refractivity contribution < 1.29 is 44.6 Å². The predicted molar refractivity (Wildman–Crippen MR) is 55.6 cm³/mol. The third-order valence-corrected chi connectivity index (χ3v) is 4.34. The summed E-state index contributed by atoms with van der Waals surface area (Å²) in [6, 6.07) is 0. The largest absolute Gasteiger partial charge is 0.390 e. The maximum atomic E-state index is 13.5. The molecule has 0 aromatic carbocycles. The molecule has 0 N–H and O–H groups in total. The van der Waals surface area contributed by atoms with Crippen LogP contribution in [0.1, 0.15) is 19.3 Å². The van der Waals surface area contributed by atoms with Gasteiger partial charge < -0.3 is 0 Å². The van der Waals surface area contributed by atoms with Gasteiger partial charge in [0.25, 0.3) is 0 Å². The summed E-state index contributed by atoms with van der Waals surface area (Å²) in [5.74, 6) is -3.75. The molecule has 0 aliphatic carbocycles. The molecular formula is C9H12F6O4S. The Morgan fingerprint density at radius 1 is 1.25 bits per heavy atom. The minimum Gasteiger partial charge on any atom is -0.253 e. The summed E-state index contributed by atoms with van der Waals surface area (Å²) >= 11 is 0. The average molecular weight is 330 g/mol. The number of alkyl halides is 5. The Balaban J connectivity index is 5.06. The quantitative estimate of drug-likeness (QED) is 0.641. The van der Waals surface area contributed by atoms with E-state index in [1.165, 1.54) is 0 Å². The molecule has 0 aliphatic rings. The van der Waals surface area contributed by atoms with E-state index >= 15 is 0 Å². The van der Waals surface area contributed by atoms with E-state index < -0.39 is 65.1 Å². The van der Waals surface area contributed by atoms with Gasteiger partial charge in [0, 0.05) is 4.53 Å². The van der Waals surface area contributed by atoms with E-state index in [4.69, 9.17) is 0 Å². The number of carbonyl (C=O) groups excluding carboxylic acids is 1. The van der Waals surface area contributed by atoms with E-state index in [1.54, 1.807) is 0 Å². The lowest BCUT2D eigenvalue weighted by atomic mass is 10.1. The maximum Gasteiger partial charge on any atom is 0.390 e. The van der Waals surface area contributed by atoms with E-state index in [2.05, 4.69) is 4.94 Å². The topological polar surface area (TPSA) is 60.4 Å². The van der Waals surface area contributed by atoms with E-state index in [0.29, 0.717) is 0 Å². The van der Waals surface area contributed by atoms with Gasteiger partial charge in [-0.2, -0.15) is 13.2 Å². The fraction of sp³-hybridized carbons (Fsp3) is 0.889. The zero-order valence-corrected chi connectivity index (χ0v) is 10.8. The lowest BCUT2D eigenvalue weighted by Gasteiger charge is -2.18. The Hall–Kier alpha value is -1.00. The molecule has 11 heteroatoms. The lowest BCUT2D eigenvalue weighted by molar-refractivity contribution is -0.184. The monoisotopic (exact) mass is 330 g/mol. The third-order valence-electron chi connectivity index (χ3n) is 2.31. The molecule has 2 unspecified atom stereocenters. The normalized spacial score (nSPS) is 15.7. The molecule has 0 saturated carbocycles. The maximum absolute atomic E-state index is 13.5. The summed E-state index contributed by atoms with van der Waals surface area (Å²) in [5.41, 5.74) is 0. The van der Waals surface area contributed by atoms with Crippen molar-refractivity contribution in [2.75, 3.05) is 12.4 Å². The molecule has 0 aliphatic heterocycles. The van der Waals surface area contributed by atoms with Gasteiger partial charge >= 0.3 is 12.1 Å². The molecule has 0 bridgehead atoms. The Labute approximate surface area is 110 Å². The van der Waals surface area contributed by atoms with Crippen molar-refractivity contribution >= 4 is 15.8 Å². The third kappa shape index (κ3) is 6.44. The van der Waals surface area contributed by atoms with Gasteiger partial charge in [0.2, 0.25) is 0 Å². The molecule has 0 aromatic heterocycles. The van der Waals surface area contributed by atoms with E-state index in [-0.39, 0.29) is 0 Å². The summed E-state index contributed by atoms with van der Waals surface area (Å²) in [5, 5.41) is -2.73. The van der Waals surface area contributed by atoms with Crippen molar-refractivity contribution in [2.24, 2.45) is 0 Å². The van der Waals surface area contributed by atoms with Gasteiger partial charge in [-0.25, -0.2) is 17.6 Å². The van der Waals surface area contributed by atoms with Crippen molar-refractivity contribution in [3.05, 3.63) is 0 Å². The predicted octanol–water partition coefficient (Wildman–Crippen LogP) is 2.24. The first kappa shape index (κ1) is 19.0. The van der Waals surface area contributed by atoms with Crippen molar-refractivity contribution in [2.45, 2.75) is 36.9 Å². The first-order valence-corrected chi connectivity index (χ1v) is 7.07. The molecule has 0 rings (SSSR count). The molecule has 0 radical (unpaired) electrons. The molecule has 0 aromatic rings. The van der Waals surface area contributed by atoms with Crippen molar-refractivity contribution in [3.63, 3.8) is 0 Å². The fourth-order valence-corrected chi connectivity index (χ4v) is 3.06. The van der Waals surface area contributed by atoms with Gasteiger partial charge in [-0.1, -0.05) is 0 Å². The highest BCUT2D eigenvalue weighted by molar-refractivity contribution is 7.92. The fourth-order valence-electron chi connectivity index (χ4n) is 1.37. The molecule has 0 heterocycles. The molecule has 0 spiro atoms. The number of halogens is 6. The smallest absolute Gasteiger partial charge is 0.253 e. The number of carbonyl (C=O) groups is 1. The van der Waals surface area contributed by atoms with Crippen LogP contribution in [0.15, 0.2) is 0 Å². The number of rotatable bonds is 8. The van der Waals surface area contributed by atoms with Gasteiger partial charge in [0.05, 0.1) is 18.8 Å². The SMILES string of the molecule is O=C(OF)C(C(F)CCCF)S(=O)(=O)CCC(F)(F)F. The van der Waals surface area contributed by atoms with Crippen molar-refractivity contribution in [1.29, 1.82) is 0 Å². The Bertz CT molecular complexity index is 407. The van der Waals surface area contributed by atoms with Crippen molar-refractivity contribution in [3.8, 4) is 0 Å². The summed E-state index contributed by atoms with van der Waals surface area (Å²) < 4.78 is 95.9. The Kier molecular flexibility index (Phi) is 7.31. The standard InChI is InChI=1S/C9H12F6O4S/c10-4-1-2-6(11)7(8(16)19-15)20(17,18)5-3-9(12,13)14/h6-7H,1-5H2. The molecular weight excluding hydrogens is 318 g/mol. The number of hydrogen-bond donors (Lipinski definition) is 0. The van der Waals surface area contributed by atoms with Crippen LogP contribution in [0.2, 0.25) is 0 Å². The van der Waals surface area contributed by atoms with E-state index in [0.717, 1.165) is 0 Å². The Morgan fingerprint density at radius 3 is 2.20 bits per heavy atom. The van der Waals surface area contributed by atoms with Crippen LogP contribution in [-0.2, 0) is 19.6 Å². The van der Waals surface area contributed by atoms with Crippen LogP contribution in [0.3, 0.4) is 0 Å². The van der Waals surface area contributed by atoms with Gasteiger partial charge in [0.15, 0.2) is 15.1 Å². The van der Waals surface area contributed by atoms with Crippen LogP contribution < -0.4 is 0 Å². The average Bonchev–Trinajstić information content (AvgIpc) is 2.33. The summed E-state index contributed by atoms with van der Waals surface area (Å²) in [7, 11) is -4.93. The summed E-state index contributed by atoms with van der Waals surface area (Å²) in [6.45, 7) is -1.03. The second-order valence-corrected chi connectivity index (χ2v) is 6.14. The van der Waals surface area contributed by atoms with Gasteiger partial charge in [-0.05, 0) is 12.8 Å². The van der Waals surface area contributed by atoms with Crippen LogP contribution in [0.4, 0.5) is 26.5 Å². The Morgan fingerprint density at radius 2 is 1.80 bits per heavy atom. The highest BCUT2D eigenvalue weighted by Crippen LogP contribution is 2.24. The van der Waals surface area contributed by atoms with E-state index in [9.17, 15) is 39.7 Å². The van der Waals surface area contributed by atoms with Gasteiger partial charge in [0.1, 0.15) is 6.17 Å². The van der Waals surface area contributed by atoms with Gasteiger partial charge in [-0.3, -0.25) is 9.33 Å². The van der Waals surface area contributed by atoms with Crippen LogP contribution in [0.5, 0.6) is 0 Å². The molecule has 0 saturated heterocycles. The molecule has 0 amide bonds. The first-order chi connectivity index (χ1) is 9.05. The molecule has 2 atom stereocenters. The second kappa shape index (κ2) is 7.70. The van der Waals surface area contributed by atoms with Crippen LogP contribution in [0, 0.1) is 0 Å².